The van der Waals surface area contributed by atoms with Crippen molar-refractivity contribution in [1.29, 1.82) is 0 Å². The van der Waals surface area contributed by atoms with Gasteiger partial charge in [-0.15, -0.1) is 12.4 Å². The van der Waals surface area contributed by atoms with Gasteiger partial charge in [0.15, 0.2) is 0 Å². The quantitative estimate of drug-likeness (QED) is 0.819. The molecule has 0 unspecified atom stereocenters. The van der Waals surface area contributed by atoms with E-state index in [4.69, 9.17) is 5.73 Å². The van der Waals surface area contributed by atoms with Gasteiger partial charge in [0.25, 0.3) is 0 Å². The molecule has 1 aromatic carbocycles. The molecule has 21 heavy (non-hydrogen) atoms. The molecule has 1 aliphatic heterocycles. The molecule has 2 rings (SSSR count). The van der Waals surface area contributed by atoms with Gasteiger partial charge in [0.05, 0.1) is 6.42 Å². The molecule has 0 spiro atoms. The molecule has 1 heterocycles. The van der Waals surface area contributed by atoms with Crippen LogP contribution in [-0.4, -0.2) is 37.0 Å². The number of benzene rings is 1. The number of nitrogens with zero attached hydrogens (tertiary/aromatic N) is 1. The topological polar surface area (TPSA) is 58.4 Å². The number of nitrogen functional groups attached to an aromatic ring is 1. The highest BCUT2D eigenvalue weighted by Crippen LogP contribution is 2.15. The van der Waals surface area contributed by atoms with E-state index < -0.39 is 0 Å². The molecule has 0 aromatic heterocycles. The van der Waals surface area contributed by atoms with Crippen molar-refractivity contribution < 1.29 is 4.79 Å². The van der Waals surface area contributed by atoms with Gasteiger partial charge in [-0.1, -0.05) is 19.1 Å². The third-order valence-corrected chi connectivity index (χ3v) is 3.94. The predicted molar refractivity (Wildman–Crippen MR) is 89.7 cm³/mol. The number of anilines is 1. The third-order valence-electron chi connectivity index (χ3n) is 3.94. The monoisotopic (exact) mass is 311 g/mol. The standard InChI is InChI=1S/C16H25N3O.ClH/c1-13-5-8-19(9-6-13)10-7-18-16(20)12-14-3-2-4-15(17)11-14;/h2-4,11,13H,5-10,12,17H2,1H3,(H,18,20);1H. The van der Waals surface area contributed by atoms with E-state index in [-0.39, 0.29) is 18.3 Å². The van der Waals surface area contributed by atoms with Crippen molar-refractivity contribution in [3.05, 3.63) is 29.8 Å². The summed E-state index contributed by atoms with van der Waals surface area (Å²) in [4.78, 5) is 14.3. The highest BCUT2D eigenvalue weighted by molar-refractivity contribution is 5.85. The molecule has 1 fully saturated rings. The van der Waals surface area contributed by atoms with Crippen LogP contribution in [0.5, 0.6) is 0 Å². The molecule has 0 radical (unpaired) electrons. The first-order chi connectivity index (χ1) is 9.63. The van der Waals surface area contributed by atoms with Crippen LogP contribution in [0.25, 0.3) is 0 Å². The Morgan fingerprint density at radius 2 is 2.10 bits per heavy atom. The van der Waals surface area contributed by atoms with Crippen molar-refractivity contribution in [3.63, 3.8) is 0 Å². The molecular weight excluding hydrogens is 286 g/mol. The van der Waals surface area contributed by atoms with Gasteiger partial charge < -0.3 is 16.0 Å². The summed E-state index contributed by atoms with van der Waals surface area (Å²) in [7, 11) is 0. The molecule has 118 valence electrons. The Morgan fingerprint density at radius 1 is 1.38 bits per heavy atom. The van der Waals surface area contributed by atoms with Crippen molar-refractivity contribution in [2.24, 2.45) is 5.92 Å². The third kappa shape index (κ3) is 6.36. The normalized spacial score (nSPS) is 16.2. The maximum Gasteiger partial charge on any atom is 0.224 e. The number of piperidine rings is 1. The number of carbonyl (C=O) groups excluding carboxylic acids is 1. The molecule has 5 heteroatoms. The maximum atomic E-state index is 11.8. The van der Waals surface area contributed by atoms with E-state index >= 15 is 0 Å². The molecule has 0 saturated carbocycles. The first-order valence-electron chi connectivity index (χ1n) is 7.47. The fourth-order valence-corrected chi connectivity index (χ4v) is 2.59. The van der Waals surface area contributed by atoms with Crippen molar-refractivity contribution in [3.8, 4) is 0 Å². The lowest BCUT2D eigenvalue weighted by atomic mass is 9.99. The van der Waals surface area contributed by atoms with E-state index in [1.54, 1.807) is 0 Å². The minimum absolute atomic E-state index is 0. The number of halogens is 1. The van der Waals surface area contributed by atoms with Crippen LogP contribution >= 0.6 is 12.4 Å². The van der Waals surface area contributed by atoms with Crippen molar-refractivity contribution in [2.75, 3.05) is 31.9 Å². The van der Waals surface area contributed by atoms with E-state index in [0.29, 0.717) is 12.1 Å². The smallest absolute Gasteiger partial charge is 0.224 e. The van der Waals surface area contributed by atoms with Gasteiger partial charge >= 0.3 is 0 Å². The van der Waals surface area contributed by atoms with Gasteiger partial charge in [-0.3, -0.25) is 4.79 Å². The van der Waals surface area contributed by atoms with Crippen molar-refractivity contribution in [1.82, 2.24) is 10.2 Å². The van der Waals surface area contributed by atoms with E-state index in [1.165, 1.54) is 12.8 Å². The number of hydrogen-bond donors (Lipinski definition) is 2. The molecule has 1 amide bonds. The largest absolute Gasteiger partial charge is 0.399 e. The Balaban J connectivity index is 0.00000220. The summed E-state index contributed by atoms with van der Waals surface area (Å²) < 4.78 is 0. The van der Waals surface area contributed by atoms with Crippen molar-refractivity contribution in [2.45, 2.75) is 26.2 Å². The van der Waals surface area contributed by atoms with Crippen LogP contribution < -0.4 is 11.1 Å². The average Bonchev–Trinajstić information content (AvgIpc) is 2.41. The van der Waals surface area contributed by atoms with E-state index in [2.05, 4.69) is 17.1 Å². The number of hydrogen-bond acceptors (Lipinski definition) is 3. The van der Waals surface area contributed by atoms with E-state index in [0.717, 1.165) is 37.7 Å². The summed E-state index contributed by atoms with van der Waals surface area (Å²) in [6, 6.07) is 7.50. The Bertz CT molecular complexity index is 445. The van der Waals surface area contributed by atoms with Gasteiger partial charge in [-0.05, 0) is 49.5 Å². The first-order valence-corrected chi connectivity index (χ1v) is 7.47. The van der Waals surface area contributed by atoms with Crippen LogP contribution in [0.4, 0.5) is 5.69 Å². The summed E-state index contributed by atoms with van der Waals surface area (Å²) >= 11 is 0. The SMILES string of the molecule is CC1CCN(CCNC(=O)Cc2cccc(N)c2)CC1.Cl. The summed E-state index contributed by atoms with van der Waals surface area (Å²) in [5.41, 5.74) is 7.38. The van der Waals surface area contributed by atoms with Crippen molar-refractivity contribution >= 4 is 24.0 Å². The molecule has 0 aliphatic carbocycles. The predicted octanol–water partition coefficient (Wildman–Crippen LogP) is 2.08. The number of likely N-dealkylation sites (tertiary alicyclic amines) is 1. The minimum Gasteiger partial charge on any atom is -0.399 e. The number of amides is 1. The van der Waals surface area contributed by atoms with E-state index in [9.17, 15) is 4.79 Å². The summed E-state index contributed by atoms with van der Waals surface area (Å²) in [6.07, 6.45) is 2.95. The number of rotatable bonds is 5. The van der Waals surface area contributed by atoms with Gasteiger partial charge in [-0.25, -0.2) is 0 Å². The van der Waals surface area contributed by atoms with Crippen LogP contribution in [0.15, 0.2) is 24.3 Å². The van der Waals surface area contributed by atoms with Gasteiger partial charge in [-0.2, -0.15) is 0 Å². The lowest BCUT2D eigenvalue weighted by Crippen LogP contribution is -2.39. The molecular formula is C16H26ClN3O. The zero-order valence-corrected chi connectivity index (χ0v) is 13.5. The van der Waals surface area contributed by atoms with Crippen LogP contribution in [0, 0.1) is 5.92 Å². The fourth-order valence-electron chi connectivity index (χ4n) is 2.59. The summed E-state index contributed by atoms with van der Waals surface area (Å²) in [6.45, 7) is 6.31. The Morgan fingerprint density at radius 3 is 2.76 bits per heavy atom. The first kappa shape index (κ1) is 17.8. The second kappa shape index (κ2) is 8.90. The lowest BCUT2D eigenvalue weighted by Gasteiger charge is -2.30. The molecule has 0 atom stereocenters. The number of nitrogens with two attached hydrogens (primary N) is 1. The Kier molecular flexibility index (Phi) is 7.54. The Hall–Kier alpha value is -1.26. The molecule has 3 N–H and O–H groups in total. The van der Waals surface area contributed by atoms with Crippen LogP contribution in [0.3, 0.4) is 0 Å². The van der Waals surface area contributed by atoms with Gasteiger partial charge in [0.2, 0.25) is 5.91 Å². The van der Waals surface area contributed by atoms with Crippen LogP contribution in [-0.2, 0) is 11.2 Å². The molecule has 1 aliphatic rings. The van der Waals surface area contributed by atoms with Gasteiger partial charge in [0, 0.05) is 18.8 Å². The zero-order valence-electron chi connectivity index (χ0n) is 12.7. The number of carbonyl (C=O) groups is 1. The minimum atomic E-state index is 0. The molecule has 1 aromatic rings. The summed E-state index contributed by atoms with van der Waals surface area (Å²) in [5.74, 6) is 0.922. The fraction of sp³-hybridized carbons (Fsp3) is 0.562. The van der Waals surface area contributed by atoms with Crippen LogP contribution in [0.2, 0.25) is 0 Å². The highest BCUT2D eigenvalue weighted by atomic mass is 35.5. The molecule has 4 nitrogen and oxygen atoms in total. The second-order valence-corrected chi connectivity index (χ2v) is 5.80. The van der Waals surface area contributed by atoms with Crippen LogP contribution in [0.1, 0.15) is 25.3 Å². The molecule has 0 bridgehead atoms. The number of nitrogens with one attached hydrogen (secondary N) is 1. The zero-order chi connectivity index (χ0) is 14.4. The molecule has 1 saturated heterocycles. The van der Waals surface area contributed by atoms with Gasteiger partial charge in [0.1, 0.15) is 0 Å². The second-order valence-electron chi connectivity index (χ2n) is 5.80. The average molecular weight is 312 g/mol. The Labute approximate surface area is 133 Å². The maximum absolute atomic E-state index is 11.8. The highest BCUT2D eigenvalue weighted by Gasteiger charge is 2.15. The lowest BCUT2D eigenvalue weighted by molar-refractivity contribution is -0.120. The summed E-state index contributed by atoms with van der Waals surface area (Å²) in [5, 5.41) is 2.99. The van der Waals surface area contributed by atoms with E-state index in [1.807, 2.05) is 24.3 Å².